The molecule has 2 aromatic rings. The van der Waals surface area contributed by atoms with Gasteiger partial charge in [-0.1, -0.05) is 11.2 Å². The highest BCUT2D eigenvalue weighted by Crippen LogP contribution is 2.18. The standard InChI is InChI=1S/C12H13N3O3/c1-3-17-12(16)8(2)11-14-10(15-18-11)9-6-4-5-7-13-9/h4-8H,3H2,1-2H3. The molecule has 0 aliphatic heterocycles. The topological polar surface area (TPSA) is 78.1 Å². The fourth-order valence-electron chi connectivity index (χ4n) is 1.38. The van der Waals surface area contributed by atoms with E-state index in [1.165, 1.54) is 0 Å². The van der Waals surface area contributed by atoms with Crippen molar-refractivity contribution in [1.82, 2.24) is 15.1 Å². The molecule has 1 unspecified atom stereocenters. The van der Waals surface area contributed by atoms with Crippen LogP contribution in [0.4, 0.5) is 0 Å². The number of pyridine rings is 1. The predicted octanol–water partition coefficient (Wildman–Crippen LogP) is 1.80. The molecule has 18 heavy (non-hydrogen) atoms. The fraction of sp³-hybridized carbons (Fsp3) is 0.333. The first-order valence-electron chi connectivity index (χ1n) is 5.64. The van der Waals surface area contributed by atoms with E-state index >= 15 is 0 Å². The summed E-state index contributed by atoms with van der Waals surface area (Å²) in [5, 5.41) is 3.79. The average Bonchev–Trinajstić information content (AvgIpc) is 2.89. The minimum absolute atomic E-state index is 0.231. The van der Waals surface area contributed by atoms with Crippen LogP contribution >= 0.6 is 0 Å². The largest absolute Gasteiger partial charge is 0.465 e. The SMILES string of the molecule is CCOC(=O)C(C)c1nc(-c2ccccn2)no1. The Kier molecular flexibility index (Phi) is 3.66. The third-order valence-corrected chi connectivity index (χ3v) is 2.35. The van der Waals surface area contributed by atoms with Gasteiger partial charge in [0.05, 0.1) is 6.61 Å². The molecule has 0 aliphatic carbocycles. The van der Waals surface area contributed by atoms with Crippen molar-refractivity contribution in [3.63, 3.8) is 0 Å². The van der Waals surface area contributed by atoms with Crippen molar-refractivity contribution < 1.29 is 14.1 Å². The van der Waals surface area contributed by atoms with Crippen LogP contribution in [0.1, 0.15) is 25.7 Å². The molecule has 2 heterocycles. The van der Waals surface area contributed by atoms with Crippen LogP contribution in [-0.4, -0.2) is 27.7 Å². The van der Waals surface area contributed by atoms with Gasteiger partial charge in [-0.25, -0.2) is 0 Å². The average molecular weight is 247 g/mol. The maximum atomic E-state index is 11.5. The van der Waals surface area contributed by atoms with Gasteiger partial charge in [-0.2, -0.15) is 4.98 Å². The number of ether oxygens (including phenoxy) is 1. The maximum absolute atomic E-state index is 11.5. The molecule has 1 atom stereocenters. The molecule has 94 valence electrons. The Labute approximate surface area is 104 Å². The lowest BCUT2D eigenvalue weighted by Crippen LogP contribution is -2.13. The number of aromatic nitrogens is 3. The van der Waals surface area contributed by atoms with E-state index in [-0.39, 0.29) is 11.9 Å². The van der Waals surface area contributed by atoms with Crippen molar-refractivity contribution in [2.75, 3.05) is 6.61 Å². The van der Waals surface area contributed by atoms with E-state index in [9.17, 15) is 4.79 Å². The van der Waals surface area contributed by atoms with E-state index < -0.39 is 5.92 Å². The van der Waals surface area contributed by atoms with Gasteiger partial charge < -0.3 is 9.26 Å². The van der Waals surface area contributed by atoms with Crippen molar-refractivity contribution in [3.05, 3.63) is 30.3 Å². The third kappa shape index (κ3) is 2.53. The van der Waals surface area contributed by atoms with Gasteiger partial charge in [0.15, 0.2) is 0 Å². The van der Waals surface area contributed by atoms with Crippen molar-refractivity contribution in [3.8, 4) is 11.5 Å². The van der Waals surface area contributed by atoms with E-state index in [1.807, 2.05) is 6.07 Å². The molecule has 6 heteroatoms. The lowest BCUT2D eigenvalue weighted by atomic mass is 10.2. The van der Waals surface area contributed by atoms with Gasteiger partial charge >= 0.3 is 5.97 Å². The molecule has 0 aliphatic rings. The second kappa shape index (κ2) is 5.39. The molecule has 0 radical (unpaired) electrons. The number of carbonyl (C=O) groups is 1. The number of hydrogen-bond donors (Lipinski definition) is 0. The lowest BCUT2D eigenvalue weighted by Gasteiger charge is -2.04. The summed E-state index contributed by atoms with van der Waals surface area (Å²) in [6, 6.07) is 5.39. The van der Waals surface area contributed by atoms with Gasteiger partial charge in [-0.3, -0.25) is 9.78 Å². The zero-order valence-corrected chi connectivity index (χ0v) is 10.2. The van der Waals surface area contributed by atoms with Crippen molar-refractivity contribution >= 4 is 5.97 Å². The maximum Gasteiger partial charge on any atom is 0.318 e. The second-order valence-electron chi connectivity index (χ2n) is 3.64. The first-order valence-corrected chi connectivity index (χ1v) is 5.64. The highest BCUT2D eigenvalue weighted by atomic mass is 16.5. The molecule has 0 N–H and O–H groups in total. The summed E-state index contributed by atoms with van der Waals surface area (Å²) in [7, 11) is 0. The van der Waals surface area contributed by atoms with Gasteiger partial charge in [0.2, 0.25) is 11.7 Å². The number of rotatable bonds is 4. The van der Waals surface area contributed by atoms with Crippen molar-refractivity contribution in [1.29, 1.82) is 0 Å². The molecule has 0 saturated carbocycles. The van der Waals surface area contributed by atoms with Gasteiger partial charge in [0.25, 0.3) is 0 Å². The zero-order chi connectivity index (χ0) is 13.0. The third-order valence-electron chi connectivity index (χ3n) is 2.35. The second-order valence-corrected chi connectivity index (χ2v) is 3.64. The monoisotopic (exact) mass is 247 g/mol. The van der Waals surface area contributed by atoms with Crippen molar-refractivity contribution in [2.24, 2.45) is 0 Å². The number of carbonyl (C=O) groups excluding carboxylic acids is 1. The fourth-order valence-corrected chi connectivity index (χ4v) is 1.38. The minimum Gasteiger partial charge on any atom is -0.465 e. The highest BCUT2D eigenvalue weighted by Gasteiger charge is 2.23. The van der Waals surface area contributed by atoms with E-state index in [2.05, 4.69) is 15.1 Å². The summed E-state index contributed by atoms with van der Waals surface area (Å²) in [5.41, 5.74) is 0.601. The van der Waals surface area contributed by atoms with Crippen LogP contribution in [0.25, 0.3) is 11.5 Å². The summed E-state index contributed by atoms with van der Waals surface area (Å²) in [6.07, 6.45) is 1.64. The number of esters is 1. The smallest absolute Gasteiger partial charge is 0.318 e. The van der Waals surface area contributed by atoms with Crippen LogP contribution in [-0.2, 0) is 9.53 Å². The van der Waals surface area contributed by atoms with E-state index in [0.29, 0.717) is 18.1 Å². The molecule has 0 aromatic carbocycles. The quantitative estimate of drug-likeness (QED) is 0.766. The van der Waals surface area contributed by atoms with E-state index in [0.717, 1.165) is 0 Å². The molecular weight excluding hydrogens is 234 g/mol. The Morgan fingerprint density at radius 1 is 1.50 bits per heavy atom. The minimum atomic E-state index is -0.574. The molecular formula is C12H13N3O3. The molecule has 2 aromatic heterocycles. The molecule has 2 rings (SSSR count). The Bertz CT molecular complexity index is 524. The predicted molar refractivity (Wildman–Crippen MR) is 62.6 cm³/mol. The normalized spacial score (nSPS) is 12.1. The zero-order valence-electron chi connectivity index (χ0n) is 10.2. The highest BCUT2D eigenvalue weighted by molar-refractivity contribution is 5.76. The van der Waals surface area contributed by atoms with E-state index in [1.54, 1.807) is 32.2 Å². The Balaban J connectivity index is 2.18. The van der Waals surface area contributed by atoms with Crippen LogP contribution in [0.5, 0.6) is 0 Å². The van der Waals surface area contributed by atoms with Crippen molar-refractivity contribution in [2.45, 2.75) is 19.8 Å². The van der Waals surface area contributed by atoms with Crippen LogP contribution in [0.15, 0.2) is 28.9 Å². The van der Waals surface area contributed by atoms with Gasteiger partial charge in [-0.15, -0.1) is 0 Å². The number of nitrogens with zero attached hydrogens (tertiary/aromatic N) is 3. The molecule has 6 nitrogen and oxygen atoms in total. The Morgan fingerprint density at radius 3 is 3.00 bits per heavy atom. The molecule has 0 amide bonds. The Hall–Kier alpha value is -2.24. The van der Waals surface area contributed by atoms with Crippen LogP contribution in [0.2, 0.25) is 0 Å². The van der Waals surface area contributed by atoms with Crippen LogP contribution < -0.4 is 0 Å². The first kappa shape index (κ1) is 12.2. The van der Waals surface area contributed by atoms with Crippen LogP contribution in [0.3, 0.4) is 0 Å². The number of hydrogen-bond acceptors (Lipinski definition) is 6. The Morgan fingerprint density at radius 2 is 2.33 bits per heavy atom. The van der Waals surface area contributed by atoms with Gasteiger partial charge in [-0.05, 0) is 26.0 Å². The van der Waals surface area contributed by atoms with Gasteiger partial charge in [0.1, 0.15) is 11.6 Å². The first-order chi connectivity index (χ1) is 8.72. The molecule has 0 saturated heterocycles. The van der Waals surface area contributed by atoms with E-state index in [4.69, 9.17) is 9.26 Å². The summed E-state index contributed by atoms with van der Waals surface area (Å²) in [5.74, 6) is -0.362. The summed E-state index contributed by atoms with van der Waals surface area (Å²) in [6.45, 7) is 3.73. The summed E-state index contributed by atoms with van der Waals surface area (Å²) in [4.78, 5) is 19.8. The molecule has 0 bridgehead atoms. The van der Waals surface area contributed by atoms with Gasteiger partial charge in [0, 0.05) is 6.20 Å². The lowest BCUT2D eigenvalue weighted by molar-refractivity contribution is -0.145. The summed E-state index contributed by atoms with van der Waals surface area (Å²) < 4.78 is 9.94. The molecule has 0 spiro atoms. The molecule has 0 fully saturated rings. The summed E-state index contributed by atoms with van der Waals surface area (Å²) >= 11 is 0. The van der Waals surface area contributed by atoms with Crippen LogP contribution in [0, 0.1) is 0 Å².